The number of fused-ring (bicyclic) bond motifs is 1. The maximum absolute atomic E-state index is 13.7. The SMILES string of the molecule is CN(C)C(=O)N[C@H]1C[C@@H](n2cnc3c(NCC(c4ccccc4)c4ccccc4)nc(C(=O)NCCNC(=O)NC4CCN(c5ccccn5)CC4)nc32)[C@H](O)[C@@H]1O. The minimum absolute atomic E-state index is 0.0212. The first-order valence-corrected chi connectivity index (χ1v) is 19.6. The van der Waals surface area contributed by atoms with E-state index < -0.39 is 36.2 Å². The lowest BCUT2D eigenvalue weighted by molar-refractivity contribution is 0.0151. The molecule has 5 amide bonds. The highest BCUT2D eigenvalue weighted by Crippen LogP contribution is 2.35. The number of anilines is 2. The van der Waals surface area contributed by atoms with Gasteiger partial charge in [-0.3, -0.25) is 4.79 Å². The van der Waals surface area contributed by atoms with E-state index in [0.717, 1.165) is 42.9 Å². The number of carbonyl (C=O) groups excluding carboxylic acids is 3. The van der Waals surface area contributed by atoms with Crippen LogP contribution >= 0.6 is 0 Å². The molecule has 0 bridgehead atoms. The van der Waals surface area contributed by atoms with E-state index in [-0.39, 0.29) is 49.0 Å². The van der Waals surface area contributed by atoms with Crippen molar-refractivity contribution in [3.05, 3.63) is 108 Å². The van der Waals surface area contributed by atoms with Crippen LogP contribution in [0.1, 0.15) is 53.0 Å². The van der Waals surface area contributed by atoms with Gasteiger partial charge in [0.15, 0.2) is 11.5 Å². The van der Waals surface area contributed by atoms with Crippen molar-refractivity contribution in [1.82, 2.24) is 50.7 Å². The van der Waals surface area contributed by atoms with Crippen molar-refractivity contribution < 1.29 is 24.6 Å². The normalized spacial score (nSPS) is 19.5. The van der Waals surface area contributed by atoms with Gasteiger partial charge in [0.05, 0.1) is 18.4 Å². The van der Waals surface area contributed by atoms with Crippen LogP contribution in [0.5, 0.6) is 0 Å². The molecule has 2 fully saturated rings. The lowest BCUT2D eigenvalue weighted by atomic mass is 9.91. The van der Waals surface area contributed by atoms with E-state index in [4.69, 9.17) is 0 Å². The lowest BCUT2D eigenvalue weighted by Gasteiger charge is -2.33. The molecule has 1 saturated carbocycles. The summed E-state index contributed by atoms with van der Waals surface area (Å²) in [5.74, 6) is 0.428. The molecular weight excluding hydrogens is 741 g/mol. The van der Waals surface area contributed by atoms with E-state index in [1.54, 1.807) is 24.9 Å². The number of nitrogens with zero attached hydrogens (tertiary/aromatic N) is 7. The second kappa shape index (κ2) is 18.3. The van der Waals surface area contributed by atoms with Gasteiger partial charge in [0, 0.05) is 65.0 Å². The van der Waals surface area contributed by atoms with Crippen LogP contribution in [0.2, 0.25) is 0 Å². The summed E-state index contributed by atoms with van der Waals surface area (Å²) in [6.45, 7) is 2.24. The summed E-state index contributed by atoms with van der Waals surface area (Å²) in [4.78, 5) is 60.7. The summed E-state index contributed by atoms with van der Waals surface area (Å²) in [5.41, 5.74) is 2.79. The molecule has 0 spiro atoms. The third-order valence-electron chi connectivity index (χ3n) is 10.7. The molecule has 4 atom stereocenters. The molecule has 5 aromatic rings. The van der Waals surface area contributed by atoms with Gasteiger partial charge in [-0.2, -0.15) is 0 Å². The number of amides is 5. The molecule has 7 N–H and O–H groups in total. The Morgan fingerprint density at radius 2 is 1.50 bits per heavy atom. The number of pyridine rings is 1. The van der Waals surface area contributed by atoms with Gasteiger partial charge in [-0.25, -0.2) is 29.5 Å². The van der Waals surface area contributed by atoms with Crippen LogP contribution in [0.4, 0.5) is 21.2 Å². The van der Waals surface area contributed by atoms with Crippen molar-refractivity contribution >= 4 is 40.8 Å². The van der Waals surface area contributed by atoms with Crippen LogP contribution in [0, 0.1) is 0 Å². The number of rotatable bonds is 13. The number of benzene rings is 2. The summed E-state index contributed by atoms with van der Waals surface area (Å²) in [5, 5.41) is 37.0. The third-order valence-corrected chi connectivity index (χ3v) is 10.7. The number of aromatic nitrogens is 5. The maximum Gasteiger partial charge on any atom is 0.317 e. The van der Waals surface area contributed by atoms with Gasteiger partial charge in [0.2, 0.25) is 5.82 Å². The number of nitrogens with one attached hydrogen (secondary N) is 5. The summed E-state index contributed by atoms with van der Waals surface area (Å²) < 4.78 is 1.62. The quantitative estimate of drug-likeness (QED) is 0.0861. The topological polar surface area (TPSA) is 215 Å². The average Bonchev–Trinajstić information content (AvgIpc) is 3.80. The van der Waals surface area contributed by atoms with Gasteiger partial charge in [0.25, 0.3) is 5.91 Å². The molecule has 17 nitrogen and oxygen atoms in total. The summed E-state index contributed by atoms with van der Waals surface area (Å²) in [7, 11) is 3.18. The number of urea groups is 2. The maximum atomic E-state index is 13.7. The van der Waals surface area contributed by atoms with Crippen molar-refractivity contribution in [1.29, 1.82) is 0 Å². The second-order valence-electron chi connectivity index (χ2n) is 14.8. The third kappa shape index (κ3) is 9.27. The fourth-order valence-corrected chi connectivity index (χ4v) is 7.56. The number of aliphatic hydroxyl groups excluding tert-OH is 2. The molecule has 0 radical (unpaired) electrons. The highest BCUT2D eigenvalue weighted by Gasteiger charge is 2.44. The van der Waals surface area contributed by atoms with Gasteiger partial charge in [0.1, 0.15) is 23.5 Å². The minimum Gasteiger partial charge on any atom is -0.388 e. The monoisotopic (exact) mass is 790 g/mol. The fraction of sp³-hybridized carbons (Fsp3) is 0.390. The van der Waals surface area contributed by atoms with Crippen LogP contribution in [0.25, 0.3) is 11.2 Å². The molecular formula is C41H50N12O5. The predicted molar refractivity (Wildman–Crippen MR) is 219 cm³/mol. The zero-order valence-electron chi connectivity index (χ0n) is 32.5. The number of piperidine rings is 1. The van der Waals surface area contributed by atoms with Gasteiger partial charge in [-0.05, 0) is 42.5 Å². The fourth-order valence-electron chi connectivity index (χ4n) is 7.56. The highest BCUT2D eigenvalue weighted by molar-refractivity contribution is 5.94. The molecule has 4 heterocycles. The largest absolute Gasteiger partial charge is 0.388 e. The molecule has 58 heavy (non-hydrogen) atoms. The Labute approximate surface area is 336 Å². The highest BCUT2D eigenvalue weighted by atomic mass is 16.3. The number of carbonyl (C=O) groups is 3. The number of hydrogen-bond donors (Lipinski definition) is 7. The molecule has 1 saturated heterocycles. The van der Waals surface area contributed by atoms with E-state index in [9.17, 15) is 24.6 Å². The van der Waals surface area contributed by atoms with E-state index in [1.165, 1.54) is 11.2 Å². The van der Waals surface area contributed by atoms with Crippen molar-refractivity contribution in [2.45, 2.75) is 55.5 Å². The number of hydrogen-bond acceptors (Lipinski definition) is 11. The Hall–Kier alpha value is -6.33. The molecule has 2 aliphatic rings. The lowest BCUT2D eigenvalue weighted by Crippen LogP contribution is -2.49. The zero-order valence-corrected chi connectivity index (χ0v) is 32.5. The number of imidazole rings is 1. The zero-order chi connectivity index (χ0) is 40.6. The second-order valence-corrected chi connectivity index (χ2v) is 14.8. The smallest absolute Gasteiger partial charge is 0.317 e. The summed E-state index contributed by atoms with van der Waals surface area (Å²) >= 11 is 0. The van der Waals surface area contributed by atoms with Crippen LogP contribution < -0.4 is 31.5 Å². The molecule has 17 heteroatoms. The van der Waals surface area contributed by atoms with Crippen molar-refractivity contribution in [3.63, 3.8) is 0 Å². The Morgan fingerprint density at radius 1 is 0.828 bits per heavy atom. The van der Waals surface area contributed by atoms with Gasteiger partial charge < -0.3 is 51.2 Å². The van der Waals surface area contributed by atoms with E-state index in [1.807, 2.05) is 54.6 Å². The van der Waals surface area contributed by atoms with E-state index >= 15 is 0 Å². The first kappa shape index (κ1) is 39.9. The van der Waals surface area contributed by atoms with Crippen molar-refractivity contribution in [2.24, 2.45) is 0 Å². The van der Waals surface area contributed by atoms with Crippen LogP contribution in [-0.2, 0) is 0 Å². The Balaban J connectivity index is 1.05. The first-order valence-electron chi connectivity index (χ1n) is 19.6. The predicted octanol–water partition coefficient (Wildman–Crippen LogP) is 2.47. The van der Waals surface area contributed by atoms with E-state index in [0.29, 0.717) is 17.9 Å². The van der Waals surface area contributed by atoms with Crippen LogP contribution in [0.15, 0.2) is 91.4 Å². The van der Waals surface area contributed by atoms with Crippen molar-refractivity contribution in [3.8, 4) is 0 Å². The van der Waals surface area contributed by atoms with Crippen LogP contribution in [0.3, 0.4) is 0 Å². The van der Waals surface area contributed by atoms with Gasteiger partial charge in [-0.1, -0.05) is 66.7 Å². The Morgan fingerprint density at radius 3 is 2.16 bits per heavy atom. The Bertz CT molecular complexity index is 2110. The summed E-state index contributed by atoms with van der Waals surface area (Å²) in [6.07, 6.45) is 2.51. The number of aliphatic hydroxyl groups is 2. The van der Waals surface area contributed by atoms with Gasteiger partial charge >= 0.3 is 12.1 Å². The summed E-state index contributed by atoms with van der Waals surface area (Å²) in [6, 6.07) is 23.8. The first-order chi connectivity index (χ1) is 28.2. The molecule has 1 aliphatic carbocycles. The molecule has 7 rings (SSSR count). The van der Waals surface area contributed by atoms with Crippen LogP contribution in [-0.4, -0.2) is 129 Å². The molecule has 0 unspecified atom stereocenters. The molecule has 304 valence electrons. The molecule has 1 aliphatic heterocycles. The average molecular weight is 791 g/mol. The van der Waals surface area contributed by atoms with E-state index in [2.05, 4.69) is 75.7 Å². The standard InChI is InChI=1S/C41H50N12O5/c1-51(2)41(58)48-30-23-31(35(55)34(30)54)53-25-46-33-36(45-24-29(26-11-5-3-6-12-26)27-13-7-4-8-14-27)49-37(50-38(33)53)39(56)43-19-20-44-40(57)47-28-16-21-52(22-17-28)32-15-9-10-18-42-32/h3-15,18,25,28-31,34-35,54-55H,16-17,19-24H2,1-2H3,(H,43,56)(H,48,58)(H2,44,47,57)(H,45,49,50)/t30-,31+,34+,35-/m0/s1. The molecule has 3 aromatic heterocycles. The Kier molecular flexibility index (Phi) is 12.6. The molecule has 2 aromatic carbocycles. The minimum atomic E-state index is -1.26. The van der Waals surface area contributed by atoms with Gasteiger partial charge in [-0.15, -0.1) is 0 Å². The van der Waals surface area contributed by atoms with Crippen molar-refractivity contribution in [2.75, 3.05) is 57.0 Å².